The lowest BCUT2D eigenvalue weighted by atomic mass is 10.1. The molecule has 242 valence electrons. The fraction of sp³-hybridized carbons (Fsp3) is 0.139. The molecular formula is C36H30F6N3PS. The van der Waals surface area contributed by atoms with Crippen LogP contribution in [0.5, 0.6) is 0 Å². The Kier molecular flexibility index (Phi) is 10.5. The van der Waals surface area contributed by atoms with E-state index in [0.717, 1.165) is 21.5 Å². The summed E-state index contributed by atoms with van der Waals surface area (Å²) in [6.45, 7) is 0.222. The lowest BCUT2D eigenvalue weighted by Crippen LogP contribution is -2.41. The highest BCUT2D eigenvalue weighted by atomic mass is 32.1. The van der Waals surface area contributed by atoms with E-state index in [9.17, 15) is 26.3 Å². The molecule has 2 N–H and O–H groups in total. The second-order valence-electron chi connectivity index (χ2n) is 10.7. The van der Waals surface area contributed by atoms with Crippen LogP contribution in [0.4, 0.5) is 32.0 Å². The molecule has 0 bridgehead atoms. The molecule has 0 fully saturated rings. The molecule has 11 heteroatoms. The molecule has 1 atom stereocenters. The van der Waals surface area contributed by atoms with E-state index in [1.54, 1.807) is 0 Å². The van der Waals surface area contributed by atoms with Gasteiger partial charge in [-0.3, -0.25) is 4.74 Å². The average molecular weight is 682 g/mol. The van der Waals surface area contributed by atoms with Gasteiger partial charge in [0.25, 0.3) is 0 Å². The number of nitrogens with one attached hydrogen (secondary N) is 2. The van der Waals surface area contributed by atoms with Crippen LogP contribution < -0.4 is 26.5 Å². The molecule has 5 aromatic rings. The third kappa shape index (κ3) is 8.50. The number of anilines is 1. The topological polar surface area (TPSA) is 36.4 Å². The number of hydrogen-bond acceptors (Lipinski definition) is 2. The normalized spacial score (nSPS) is 12.6. The van der Waals surface area contributed by atoms with E-state index < -0.39 is 42.3 Å². The van der Waals surface area contributed by atoms with Gasteiger partial charge in [0.05, 0.1) is 30.8 Å². The van der Waals surface area contributed by atoms with Crippen molar-refractivity contribution in [3.63, 3.8) is 0 Å². The third-order valence-electron chi connectivity index (χ3n) is 7.41. The van der Waals surface area contributed by atoms with Crippen molar-refractivity contribution in [1.29, 1.82) is 0 Å². The Hall–Kier alpha value is -4.40. The van der Waals surface area contributed by atoms with E-state index >= 15 is 0 Å². The van der Waals surface area contributed by atoms with E-state index in [2.05, 4.69) is 47.0 Å². The van der Waals surface area contributed by atoms with Crippen LogP contribution in [-0.2, 0) is 18.8 Å². The highest BCUT2D eigenvalue weighted by Crippen LogP contribution is 2.46. The van der Waals surface area contributed by atoms with Gasteiger partial charge in [0.2, 0.25) is 0 Å². The Labute approximate surface area is 274 Å². The maximum Gasteiger partial charge on any atom is 0.416 e. The first-order valence-corrected chi connectivity index (χ1v) is 16.8. The smallest absolute Gasteiger partial charge is 0.358 e. The van der Waals surface area contributed by atoms with Crippen molar-refractivity contribution in [2.24, 2.45) is 4.74 Å². The quantitative estimate of drug-likeness (QED) is 0.0928. The van der Waals surface area contributed by atoms with E-state index in [1.165, 1.54) is 0 Å². The van der Waals surface area contributed by atoms with Crippen molar-refractivity contribution in [1.82, 2.24) is 5.32 Å². The van der Waals surface area contributed by atoms with Gasteiger partial charge in [0, 0.05) is 21.6 Å². The summed E-state index contributed by atoms with van der Waals surface area (Å²) < 4.78 is 86.5. The zero-order valence-electron chi connectivity index (χ0n) is 24.8. The third-order valence-corrected chi connectivity index (χ3v) is 11.4. The van der Waals surface area contributed by atoms with Gasteiger partial charge >= 0.3 is 12.4 Å². The highest BCUT2D eigenvalue weighted by molar-refractivity contribution is 7.87. The first-order valence-electron chi connectivity index (χ1n) is 14.6. The van der Waals surface area contributed by atoms with Gasteiger partial charge in [0.1, 0.15) is 0 Å². The molecule has 5 rings (SSSR count). The molecule has 0 saturated carbocycles. The SMILES string of the molecule is FC(F)(F)c1cc(NC(=S)N[C@H](CN=P(c2ccccc2)(c2ccccc2)c2ccccc2)Cc2ccccc2)cc(C(F)(F)F)c1. The summed E-state index contributed by atoms with van der Waals surface area (Å²) >= 11 is 5.47. The minimum absolute atomic E-state index is 0.0821. The molecule has 0 saturated heterocycles. The summed E-state index contributed by atoms with van der Waals surface area (Å²) in [5.74, 6) is 0. The Morgan fingerprint density at radius 2 is 1.02 bits per heavy atom. The van der Waals surface area contributed by atoms with Crippen molar-refractivity contribution in [2.75, 3.05) is 11.9 Å². The summed E-state index contributed by atoms with van der Waals surface area (Å²) in [6.07, 6.45) is -9.54. The second kappa shape index (κ2) is 14.6. The highest BCUT2D eigenvalue weighted by Gasteiger charge is 2.37. The van der Waals surface area contributed by atoms with Gasteiger partial charge in [-0.05, 0) is 42.4 Å². The summed E-state index contributed by atoms with van der Waals surface area (Å²) in [5.41, 5.74) is -2.35. The molecule has 5 aromatic carbocycles. The van der Waals surface area contributed by atoms with Crippen LogP contribution in [0.1, 0.15) is 16.7 Å². The second-order valence-corrected chi connectivity index (χ2v) is 14.3. The molecule has 47 heavy (non-hydrogen) atoms. The number of alkyl halides is 6. The monoisotopic (exact) mass is 681 g/mol. The van der Waals surface area contributed by atoms with Crippen molar-refractivity contribution in [3.8, 4) is 0 Å². The molecule has 0 unspecified atom stereocenters. The summed E-state index contributed by atoms with van der Waals surface area (Å²) in [4.78, 5) is 0. The molecule has 3 nitrogen and oxygen atoms in total. The van der Waals surface area contributed by atoms with Gasteiger partial charge in [-0.25, -0.2) is 0 Å². The molecular weight excluding hydrogens is 651 g/mol. The maximum absolute atomic E-state index is 13.5. The molecule has 0 aliphatic heterocycles. The Balaban J connectivity index is 1.55. The molecule has 0 amide bonds. The van der Waals surface area contributed by atoms with E-state index in [-0.39, 0.29) is 17.7 Å². The Bertz CT molecular complexity index is 1700. The van der Waals surface area contributed by atoms with E-state index in [4.69, 9.17) is 17.0 Å². The van der Waals surface area contributed by atoms with Crippen LogP contribution in [0.2, 0.25) is 0 Å². The standard InChI is InChI=1S/C36H30F6N3PS/c37-35(38,39)27-22-28(36(40,41)42)24-29(23-27)44-34(47)45-30(21-26-13-5-1-6-14-26)25-43-46(31-15-7-2-8-16-31,32-17-9-3-10-18-32)33-19-11-4-12-20-33/h1-20,22-24,30H,21,25H2,(H2,44,45,47)/t30-/m0/s1. The van der Waals surface area contributed by atoms with Crippen molar-refractivity contribution in [3.05, 3.63) is 156 Å². The van der Waals surface area contributed by atoms with Crippen LogP contribution in [0.3, 0.4) is 0 Å². The number of hydrogen-bond donors (Lipinski definition) is 2. The van der Waals surface area contributed by atoms with Gasteiger partial charge in [-0.15, -0.1) is 0 Å². The van der Waals surface area contributed by atoms with Gasteiger partial charge in [0.15, 0.2) is 5.11 Å². The van der Waals surface area contributed by atoms with Gasteiger partial charge in [-0.1, -0.05) is 121 Å². The Morgan fingerprint density at radius 3 is 1.43 bits per heavy atom. The van der Waals surface area contributed by atoms with Crippen molar-refractivity contribution in [2.45, 2.75) is 24.8 Å². The predicted molar refractivity (Wildman–Crippen MR) is 182 cm³/mol. The number of rotatable bonds is 9. The van der Waals surface area contributed by atoms with Gasteiger partial charge in [-0.2, -0.15) is 26.3 Å². The molecule has 0 heterocycles. The molecule has 0 aliphatic carbocycles. The number of thiocarbonyl (C=S) groups is 1. The van der Waals surface area contributed by atoms with Crippen LogP contribution in [0.15, 0.2) is 144 Å². The fourth-order valence-corrected chi connectivity index (χ4v) is 9.21. The average Bonchev–Trinajstić information content (AvgIpc) is 3.06. The molecule has 0 aromatic heterocycles. The van der Waals surface area contributed by atoms with E-state index in [0.29, 0.717) is 18.6 Å². The van der Waals surface area contributed by atoms with Crippen molar-refractivity contribution >= 4 is 46.0 Å². The summed E-state index contributed by atoms with van der Waals surface area (Å²) in [7, 11) is -2.60. The fourth-order valence-electron chi connectivity index (χ4n) is 5.28. The minimum atomic E-state index is -4.99. The van der Waals surface area contributed by atoms with E-state index in [1.807, 2.05) is 84.9 Å². The molecule has 0 aliphatic rings. The van der Waals surface area contributed by atoms with Gasteiger partial charge < -0.3 is 10.6 Å². The number of nitrogens with zero attached hydrogens (tertiary/aromatic N) is 1. The largest absolute Gasteiger partial charge is 0.416 e. The first-order chi connectivity index (χ1) is 22.4. The molecule has 0 radical (unpaired) electrons. The lowest BCUT2D eigenvalue weighted by molar-refractivity contribution is -0.143. The molecule has 0 spiro atoms. The Morgan fingerprint density at radius 1 is 0.617 bits per heavy atom. The first kappa shape index (κ1) is 33.9. The number of halogens is 6. The van der Waals surface area contributed by atoms with Crippen LogP contribution in [0.25, 0.3) is 0 Å². The minimum Gasteiger partial charge on any atom is -0.358 e. The van der Waals surface area contributed by atoms with Crippen LogP contribution >= 0.6 is 19.3 Å². The zero-order valence-corrected chi connectivity index (χ0v) is 26.6. The summed E-state index contributed by atoms with van der Waals surface area (Å²) in [5, 5.41) is 8.66. The lowest BCUT2D eigenvalue weighted by Gasteiger charge is -2.29. The maximum atomic E-state index is 13.5. The number of benzene rings is 5. The summed E-state index contributed by atoms with van der Waals surface area (Å²) in [6, 6.07) is 40.3. The zero-order chi connectivity index (χ0) is 33.5. The van der Waals surface area contributed by atoms with Crippen LogP contribution in [-0.4, -0.2) is 17.7 Å². The predicted octanol–water partition coefficient (Wildman–Crippen LogP) is 8.80. The van der Waals surface area contributed by atoms with Crippen molar-refractivity contribution < 1.29 is 26.3 Å². The van der Waals surface area contributed by atoms with Crippen LogP contribution in [0, 0.1) is 0 Å².